The Labute approximate surface area is 136 Å². The van der Waals surface area contributed by atoms with E-state index in [2.05, 4.69) is 55.0 Å². The second kappa shape index (κ2) is 8.37. The van der Waals surface area contributed by atoms with Gasteiger partial charge in [0.25, 0.3) is 0 Å². The number of unbranched alkanes of at least 4 members (excludes halogenated alkanes) is 2. The fourth-order valence-corrected chi connectivity index (χ4v) is 3.14. The first kappa shape index (κ1) is 17.1. The molecule has 2 aliphatic heterocycles. The summed E-state index contributed by atoms with van der Waals surface area (Å²) in [6.45, 7) is 14.1. The fraction of sp³-hybridized carbons (Fsp3) is 0.722. The van der Waals surface area contributed by atoms with Crippen LogP contribution in [-0.4, -0.2) is 54.4 Å². The number of allylic oxidation sites excluding steroid dienone is 3. The van der Waals surface area contributed by atoms with Crippen LogP contribution < -0.4 is 5.32 Å². The van der Waals surface area contributed by atoms with E-state index in [4.69, 9.17) is 4.99 Å². The Morgan fingerprint density at radius 3 is 2.64 bits per heavy atom. The molecule has 0 aliphatic carbocycles. The van der Waals surface area contributed by atoms with Gasteiger partial charge in [0.2, 0.25) is 0 Å². The lowest BCUT2D eigenvalue weighted by Gasteiger charge is -2.41. The van der Waals surface area contributed by atoms with Gasteiger partial charge < -0.3 is 15.1 Å². The minimum Gasteiger partial charge on any atom is -0.360 e. The number of aliphatic imine (C=N–C) groups is 1. The zero-order valence-corrected chi connectivity index (χ0v) is 14.7. The molecule has 2 heterocycles. The minimum atomic E-state index is 0.359. The molecule has 0 amide bonds. The molecule has 0 radical (unpaired) electrons. The van der Waals surface area contributed by atoms with Crippen molar-refractivity contribution in [3.8, 4) is 0 Å². The zero-order chi connectivity index (χ0) is 15.9. The van der Waals surface area contributed by atoms with Gasteiger partial charge in [-0.15, -0.1) is 0 Å². The van der Waals surface area contributed by atoms with Crippen molar-refractivity contribution >= 4 is 5.84 Å². The summed E-state index contributed by atoms with van der Waals surface area (Å²) in [6, 6.07) is 0.359. The second-order valence-electron chi connectivity index (χ2n) is 6.32. The van der Waals surface area contributed by atoms with Crippen molar-refractivity contribution in [2.24, 2.45) is 4.99 Å². The van der Waals surface area contributed by atoms with Crippen LogP contribution >= 0.6 is 0 Å². The molecule has 0 bridgehead atoms. The molecule has 1 saturated heterocycles. The SMILES string of the molecule is CCCCC=CCN1C(C)=C(C)N=C(N2CCNCC2)C1C. The number of amidine groups is 1. The first-order valence-corrected chi connectivity index (χ1v) is 8.78. The molecule has 1 N–H and O–H groups in total. The van der Waals surface area contributed by atoms with Gasteiger partial charge in [-0.05, 0) is 27.2 Å². The smallest absolute Gasteiger partial charge is 0.127 e. The van der Waals surface area contributed by atoms with Crippen LogP contribution in [0.2, 0.25) is 0 Å². The highest BCUT2D eigenvalue weighted by Gasteiger charge is 2.28. The van der Waals surface area contributed by atoms with Crippen molar-refractivity contribution in [3.05, 3.63) is 23.5 Å². The number of hydrogen-bond acceptors (Lipinski definition) is 4. The van der Waals surface area contributed by atoms with Gasteiger partial charge in [-0.25, -0.2) is 4.99 Å². The van der Waals surface area contributed by atoms with E-state index in [0.717, 1.165) is 38.4 Å². The van der Waals surface area contributed by atoms with Gasteiger partial charge in [0.05, 0.1) is 11.7 Å². The summed E-state index contributed by atoms with van der Waals surface area (Å²) in [5.41, 5.74) is 2.47. The highest BCUT2D eigenvalue weighted by atomic mass is 15.3. The number of piperazine rings is 1. The van der Waals surface area contributed by atoms with Gasteiger partial charge in [0.15, 0.2) is 0 Å². The largest absolute Gasteiger partial charge is 0.360 e. The summed E-state index contributed by atoms with van der Waals surface area (Å²) >= 11 is 0. The number of rotatable bonds is 5. The lowest BCUT2D eigenvalue weighted by Crippen LogP contribution is -2.54. The molecule has 22 heavy (non-hydrogen) atoms. The second-order valence-corrected chi connectivity index (χ2v) is 6.32. The van der Waals surface area contributed by atoms with E-state index in [1.165, 1.54) is 30.8 Å². The minimum absolute atomic E-state index is 0.359. The molecule has 0 aromatic heterocycles. The van der Waals surface area contributed by atoms with Crippen molar-refractivity contribution in [1.82, 2.24) is 15.1 Å². The third-order valence-electron chi connectivity index (χ3n) is 4.71. The van der Waals surface area contributed by atoms with Crippen molar-refractivity contribution < 1.29 is 0 Å². The molecule has 0 spiro atoms. The van der Waals surface area contributed by atoms with Crippen molar-refractivity contribution in [1.29, 1.82) is 0 Å². The van der Waals surface area contributed by atoms with E-state index in [9.17, 15) is 0 Å². The van der Waals surface area contributed by atoms with Crippen molar-refractivity contribution in [3.63, 3.8) is 0 Å². The van der Waals surface area contributed by atoms with Gasteiger partial charge in [-0.2, -0.15) is 0 Å². The van der Waals surface area contributed by atoms with Crippen molar-refractivity contribution in [2.45, 2.75) is 53.0 Å². The van der Waals surface area contributed by atoms with E-state index < -0.39 is 0 Å². The number of hydrogen-bond donors (Lipinski definition) is 1. The maximum atomic E-state index is 4.90. The molecule has 0 aromatic carbocycles. The standard InChI is InChI=1S/C18H32N4/c1-5-6-7-8-9-12-22-16(3)15(2)20-18(17(22)4)21-13-10-19-11-14-21/h8-9,17,19H,5-7,10-14H2,1-4H3. The maximum absolute atomic E-state index is 4.90. The predicted molar refractivity (Wildman–Crippen MR) is 95.1 cm³/mol. The summed E-state index contributed by atoms with van der Waals surface area (Å²) in [5.74, 6) is 1.24. The van der Waals surface area contributed by atoms with Crippen LogP contribution in [0, 0.1) is 0 Å². The maximum Gasteiger partial charge on any atom is 0.127 e. The first-order chi connectivity index (χ1) is 10.6. The zero-order valence-electron chi connectivity index (χ0n) is 14.7. The molecule has 2 rings (SSSR count). The highest BCUT2D eigenvalue weighted by molar-refractivity contribution is 5.89. The number of nitrogens with zero attached hydrogens (tertiary/aromatic N) is 3. The summed E-state index contributed by atoms with van der Waals surface area (Å²) in [4.78, 5) is 9.84. The molecule has 2 aliphatic rings. The molecule has 124 valence electrons. The summed E-state index contributed by atoms with van der Waals surface area (Å²) in [7, 11) is 0. The topological polar surface area (TPSA) is 30.9 Å². The van der Waals surface area contributed by atoms with E-state index in [-0.39, 0.29) is 0 Å². The Morgan fingerprint density at radius 2 is 1.95 bits per heavy atom. The lowest BCUT2D eigenvalue weighted by atomic mass is 10.1. The fourth-order valence-electron chi connectivity index (χ4n) is 3.14. The Bertz CT molecular complexity index is 444. The van der Waals surface area contributed by atoms with Crippen LogP contribution in [0.4, 0.5) is 0 Å². The Morgan fingerprint density at radius 1 is 1.23 bits per heavy atom. The van der Waals surface area contributed by atoms with E-state index in [0.29, 0.717) is 6.04 Å². The van der Waals surface area contributed by atoms with Gasteiger partial charge in [-0.3, -0.25) is 0 Å². The Kier molecular flexibility index (Phi) is 6.49. The highest BCUT2D eigenvalue weighted by Crippen LogP contribution is 2.23. The third kappa shape index (κ3) is 4.13. The first-order valence-electron chi connectivity index (χ1n) is 8.78. The van der Waals surface area contributed by atoms with Crippen LogP contribution in [0.1, 0.15) is 47.0 Å². The molecule has 1 fully saturated rings. The molecule has 1 unspecified atom stereocenters. The monoisotopic (exact) mass is 304 g/mol. The molecular formula is C18H32N4. The predicted octanol–water partition coefficient (Wildman–Crippen LogP) is 2.99. The van der Waals surface area contributed by atoms with Crippen molar-refractivity contribution in [2.75, 3.05) is 32.7 Å². The molecule has 0 aromatic rings. The van der Waals surface area contributed by atoms with E-state index in [1.807, 2.05) is 0 Å². The Balaban J connectivity index is 2.04. The normalized spacial score (nSPS) is 23.5. The van der Waals surface area contributed by atoms with Crippen LogP contribution in [0.3, 0.4) is 0 Å². The van der Waals surface area contributed by atoms with Gasteiger partial charge >= 0.3 is 0 Å². The van der Waals surface area contributed by atoms with E-state index >= 15 is 0 Å². The average Bonchev–Trinajstić information content (AvgIpc) is 2.54. The molecule has 4 nitrogen and oxygen atoms in total. The number of nitrogens with one attached hydrogen (secondary N) is 1. The molecule has 1 atom stereocenters. The van der Waals surface area contributed by atoms with Crippen LogP contribution in [0.5, 0.6) is 0 Å². The average molecular weight is 304 g/mol. The van der Waals surface area contributed by atoms with Crippen LogP contribution in [0.15, 0.2) is 28.5 Å². The van der Waals surface area contributed by atoms with Gasteiger partial charge in [0, 0.05) is 38.4 Å². The quantitative estimate of drug-likeness (QED) is 0.626. The van der Waals surface area contributed by atoms with E-state index in [1.54, 1.807) is 0 Å². The van der Waals surface area contributed by atoms with Gasteiger partial charge in [-0.1, -0.05) is 31.9 Å². The molecule has 4 heteroatoms. The molecular weight excluding hydrogens is 272 g/mol. The molecule has 0 saturated carbocycles. The van der Waals surface area contributed by atoms with Gasteiger partial charge in [0.1, 0.15) is 5.84 Å². The summed E-state index contributed by atoms with van der Waals surface area (Å²) in [5, 5.41) is 3.42. The summed E-state index contributed by atoms with van der Waals surface area (Å²) in [6.07, 6.45) is 8.40. The lowest BCUT2D eigenvalue weighted by molar-refractivity contribution is 0.287. The van der Waals surface area contributed by atoms with Crippen LogP contribution in [-0.2, 0) is 0 Å². The third-order valence-corrected chi connectivity index (χ3v) is 4.71. The Hall–Kier alpha value is -1.29. The summed E-state index contributed by atoms with van der Waals surface area (Å²) < 4.78 is 0. The van der Waals surface area contributed by atoms with Crippen LogP contribution in [0.25, 0.3) is 0 Å².